The van der Waals surface area contributed by atoms with Crippen molar-refractivity contribution in [1.29, 1.82) is 0 Å². The van der Waals surface area contributed by atoms with Gasteiger partial charge in [-0.2, -0.15) is 0 Å². The summed E-state index contributed by atoms with van der Waals surface area (Å²) in [6, 6.07) is 12.3. The van der Waals surface area contributed by atoms with Gasteiger partial charge in [0.2, 0.25) is 11.8 Å². The third-order valence-corrected chi connectivity index (χ3v) is 5.52. The number of halogens is 2. The average Bonchev–Trinajstić information content (AvgIpc) is 2.71. The van der Waals surface area contributed by atoms with Crippen LogP contribution in [0, 0.1) is 6.92 Å². The van der Waals surface area contributed by atoms with Crippen molar-refractivity contribution in [1.82, 2.24) is 10.2 Å². The number of rotatable bonds is 10. The molecule has 2 aromatic rings. The molecule has 5 nitrogen and oxygen atoms in total. The Labute approximate surface area is 194 Å². The number of nitrogens with zero attached hydrogens (tertiary/aromatic N) is 1. The third kappa shape index (κ3) is 7.75. The Morgan fingerprint density at radius 1 is 1.03 bits per heavy atom. The Bertz CT molecular complexity index is 865. The van der Waals surface area contributed by atoms with Crippen molar-refractivity contribution in [2.75, 3.05) is 6.61 Å². The van der Waals surface area contributed by atoms with E-state index in [2.05, 4.69) is 5.32 Å². The van der Waals surface area contributed by atoms with Gasteiger partial charge in [0.1, 0.15) is 11.8 Å². The maximum absolute atomic E-state index is 13.1. The molecule has 0 aromatic heterocycles. The molecule has 0 bridgehead atoms. The zero-order valence-electron chi connectivity index (χ0n) is 18.5. The molecule has 0 spiro atoms. The molecule has 0 aliphatic rings. The Morgan fingerprint density at radius 2 is 1.65 bits per heavy atom. The second kappa shape index (κ2) is 12.0. The second-order valence-corrected chi connectivity index (χ2v) is 8.64. The molecule has 168 valence electrons. The quantitative estimate of drug-likeness (QED) is 0.478. The van der Waals surface area contributed by atoms with Gasteiger partial charge in [-0.1, -0.05) is 47.0 Å². The number of carbonyl (C=O) groups is 2. The summed E-state index contributed by atoms with van der Waals surface area (Å²) in [5, 5.41) is 3.79. The van der Waals surface area contributed by atoms with Crippen LogP contribution >= 0.6 is 23.2 Å². The van der Waals surface area contributed by atoms with Gasteiger partial charge in [0.15, 0.2) is 0 Å². The summed E-state index contributed by atoms with van der Waals surface area (Å²) in [5.74, 6) is 0.389. The average molecular weight is 465 g/mol. The molecule has 1 N–H and O–H groups in total. The number of benzene rings is 2. The maximum atomic E-state index is 13.1. The highest BCUT2D eigenvalue weighted by molar-refractivity contribution is 6.36. The van der Waals surface area contributed by atoms with E-state index >= 15 is 0 Å². The summed E-state index contributed by atoms with van der Waals surface area (Å²) in [4.78, 5) is 27.2. The monoisotopic (exact) mass is 464 g/mol. The summed E-state index contributed by atoms with van der Waals surface area (Å²) in [5.41, 5.74) is 1.78. The molecule has 2 aromatic carbocycles. The van der Waals surface area contributed by atoms with Crippen LogP contribution in [0.2, 0.25) is 10.0 Å². The molecule has 0 heterocycles. The molecule has 2 amide bonds. The first-order valence-corrected chi connectivity index (χ1v) is 11.2. The molecular formula is C24H30Cl2N2O3. The van der Waals surface area contributed by atoms with Gasteiger partial charge in [0, 0.05) is 34.6 Å². The molecule has 0 saturated carbocycles. The topological polar surface area (TPSA) is 58.6 Å². The van der Waals surface area contributed by atoms with Crippen molar-refractivity contribution in [3.63, 3.8) is 0 Å². The summed E-state index contributed by atoms with van der Waals surface area (Å²) in [7, 11) is 0. The van der Waals surface area contributed by atoms with Gasteiger partial charge in [-0.15, -0.1) is 0 Å². The van der Waals surface area contributed by atoms with Gasteiger partial charge in [0.05, 0.1) is 6.61 Å². The van der Waals surface area contributed by atoms with Gasteiger partial charge in [-0.05, 0) is 58.4 Å². The van der Waals surface area contributed by atoms with Crippen molar-refractivity contribution in [3.8, 4) is 5.75 Å². The van der Waals surface area contributed by atoms with E-state index in [0.29, 0.717) is 28.6 Å². The van der Waals surface area contributed by atoms with Crippen LogP contribution < -0.4 is 10.1 Å². The zero-order chi connectivity index (χ0) is 23.0. The van der Waals surface area contributed by atoms with Gasteiger partial charge in [-0.3, -0.25) is 9.59 Å². The van der Waals surface area contributed by atoms with Crippen LogP contribution in [0.1, 0.15) is 44.7 Å². The molecule has 0 aliphatic carbocycles. The van der Waals surface area contributed by atoms with Gasteiger partial charge in [-0.25, -0.2) is 0 Å². The number of hydrogen-bond donors (Lipinski definition) is 1. The molecule has 1 atom stereocenters. The summed E-state index contributed by atoms with van der Waals surface area (Å²) in [6.45, 7) is 8.04. The summed E-state index contributed by atoms with van der Waals surface area (Å²) >= 11 is 12.6. The normalized spacial score (nSPS) is 11.8. The Kier molecular flexibility index (Phi) is 9.66. The lowest BCUT2D eigenvalue weighted by molar-refractivity contribution is -0.141. The van der Waals surface area contributed by atoms with E-state index in [1.165, 1.54) is 4.90 Å². The number of aryl methyl sites for hydroxylation is 1. The highest BCUT2D eigenvalue weighted by Crippen LogP contribution is 2.27. The summed E-state index contributed by atoms with van der Waals surface area (Å²) in [6.07, 6.45) is 0.769. The van der Waals surface area contributed by atoms with Crippen molar-refractivity contribution in [3.05, 3.63) is 63.6 Å². The van der Waals surface area contributed by atoms with Crippen molar-refractivity contribution >= 4 is 35.0 Å². The van der Waals surface area contributed by atoms with Gasteiger partial charge in [0.25, 0.3) is 0 Å². The molecule has 0 radical (unpaired) electrons. The molecule has 7 heteroatoms. The molecule has 0 aliphatic heterocycles. The fourth-order valence-electron chi connectivity index (χ4n) is 3.03. The fourth-order valence-corrected chi connectivity index (χ4v) is 3.55. The lowest BCUT2D eigenvalue weighted by Crippen LogP contribution is -2.49. The lowest BCUT2D eigenvalue weighted by Gasteiger charge is -2.30. The third-order valence-electron chi connectivity index (χ3n) is 4.81. The molecule has 31 heavy (non-hydrogen) atoms. The van der Waals surface area contributed by atoms with Gasteiger partial charge < -0.3 is 15.0 Å². The van der Waals surface area contributed by atoms with Crippen LogP contribution in [0.25, 0.3) is 0 Å². The Balaban J connectivity index is 2.06. The minimum atomic E-state index is -0.666. The number of hydrogen-bond acceptors (Lipinski definition) is 3. The summed E-state index contributed by atoms with van der Waals surface area (Å²) < 4.78 is 5.72. The number of carbonyl (C=O) groups excluding carboxylic acids is 2. The minimum absolute atomic E-state index is 0.0290. The van der Waals surface area contributed by atoms with Crippen LogP contribution in [-0.2, 0) is 16.1 Å². The van der Waals surface area contributed by atoms with E-state index in [4.69, 9.17) is 27.9 Å². The van der Waals surface area contributed by atoms with Crippen LogP contribution in [0.4, 0.5) is 0 Å². The molecule has 0 unspecified atom stereocenters. The highest BCUT2D eigenvalue weighted by atomic mass is 35.5. The Morgan fingerprint density at radius 3 is 2.23 bits per heavy atom. The van der Waals surface area contributed by atoms with E-state index in [0.717, 1.165) is 11.3 Å². The standard InChI is InChI=1S/C24H30Cl2N2O3/c1-16(2)27-24(30)18(4)28(15-20-21(25)7-5-8-22(20)26)23(29)9-6-14-31-19-12-10-17(3)11-13-19/h5,7-8,10-13,16,18H,6,9,14-15H2,1-4H3,(H,27,30)/t18-/m0/s1. The van der Waals surface area contributed by atoms with E-state index < -0.39 is 6.04 Å². The van der Waals surface area contributed by atoms with E-state index in [1.54, 1.807) is 25.1 Å². The second-order valence-electron chi connectivity index (χ2n) is 7.83. The predicted molar refractivity (Wildman–Crippen MR) is 126 cm³/mol. The van der Waals surface area contributed by atoms with Gasteiger partial charge >= 0.3 is 0 Å². The van der Waals surface area contributed by atoms with E-state index in [1.807, 2.05) is 45.0 Å². The fraction of sp³-hybridized carbons (Fsp3) is 0.417. The number of ether oxygens (including phenoxy) is 1. The van der Waals surface area contributed by atoms with E-state index in [9.17, 15) is 9.59 Å². The number of nitrogens with one attached hydrogen (secondary N) is 1. The number of amides is 2. The van der Waals surface area contributed by atoms with Crippen molar-refractivity contribution in [2.45, 2.75) is 59.2 Å². The molecule has 0 fully saturated rings. The lowest BCUT2D eigenvalue weighted by atomic mass is 10.1. The van der Waals surface area contributed by atoms with Crippen molar-refractivity contribution < 1.29 is 14.3 Å². The minimum Gasteiger partial charge on any atom is -0.494 e. The van der Waals surface area contributed by atoms with Crippen LogP contribution in [0.3, 0.4) is 0 Å². The zero-order valence-corrected chi connectivity index (χ0v) is 20.0. The largest absolute Gasteiger partial charge is 0.494 e. The van der Waals surface area contributed by atoms with Crippen molar-refractivity contribution in [2.24, 2.45) is 0 Å². The Hall–Kier alpha value is -2.24. The molecule has 2 rings (SSSR count). The molecular weight excluding hydrogens is 435 g/mol. The van der Waals surface area contributed by atoms with Crippen LogP contribution in [0.15, 0.2) is 42.5 Å². The first-order chi connectivity index (χ1) is 14.7. The van der Waals surface area contributed by atoms with Crippen LogP contribution in [-0.4, -0.2) is 35.4 Å². The molecule has 0 saturated heterocycles. The maximum Gasteiger partial charge on any atom is 0.242 e. The predicted octanol–water partition coefficient (Wildman–Crippen LogP) is 5.40. The SMILES string of the molecule is Cc1ccc(OCCCC(=O)N(Cc2c(Cl)cccc2Cl)[C@@H](C)C(=O)NC(C)C)cc1. The highest BCUT2D eigenvalue weighted by Gasteiger charge is 2.27. The van der Waals surface area contributed by atoms with Crippen LogP contribution in [0.5, 0.6) is 5.75 Å². The first-order valence-electron chi connectivity index (χ1n) is 10.4. The van der Waals surface area contributed by atoms with E-state index in [-0.39, 0.29) is 30.8 Å². The smallest absolute Gasteiger partial charge is 0.242 e. The first kappa shape index (κ1) is 25.0.